The zero-order valence-electron chi connectivity index (χ0n) is 14.1. The molecule has 23 heavy (non-hydrogen) atoms. The first-order chi connectivity index (χ1) is 11.0. The molecule has 1 atom stereocenters. The van der Waals surface area contributed by atoms with E-state index >= 15 is 0 Å². The van der Waals surface area contributed by atoms with E-state index in [0.29, 0.717) is 5.56 Å². The lowest BCUT2D eigenvalue weighted by Crippen LogP contribution is -2.27. The Kier molecular flexibility index (Phi) is 5.23. The monoisotopic (exact) mass is 310 g/mol. The first-order valence-corrected chi connectivity index (χ1v) is 7.79. The number of hydrogen-bond donors (Lipinski definition) is 0. The van der Waals surface area contributed by atoms with Gasteiger partial charge < -0.3 is 9.30 Å². The summed E-state index contributed by atoms with van der Waals surface area (Å²) < 4.78 is 7.25. The summed E-state index contributed by atoms with van der Waals surface area (Å²) in [6, 6.07) is 11.7. The van der Waals surface area contributed by atoms with Gasteiger partial charge in [-0.05, 0) is 38.5 Å². The Balaban J connectivity index is 2.78. The number of aromatic nitrogens is 1. The van der Waals surface area contributed by atoms with Crippen molar-refractivity contribution >= 4 is 0 Å². The van der Waals surface area contributed by atoms with E-state index in [4.69, 9.17) is 10.00 Å². The van der Waals surface area contributed by atoms with Crippen LogP contribution in [0.5, 0.6) is 5.75 Å². The van der Waals surface area contributed by atoms with Crippen LogP contribution in [0.1, 0.15) is 37.4 Å². The summed E-state index contributed by atoms with van der Waals surface area (Å²) in [7, 11) is 1.63. The van der Waals surface area contributed by atoms with Gasteiger partial charge in [-0.1, -0.05) is 24.6 Å². The third-order valence-electron chi connectivity index (χ3n) is 4.13. The Labute approximate surface area is 137 Å². The molecule has 1 unspecified atom stereocenters. The molecule has 120 valence electrons. The molecule has 0 aliphatic carbocycles. The zero-order valence-corrected chi connectivity index (χ0v) is 14.1. The van der Waals surface area contributed by atoms with Crippen LogP contribution < -0.4 is 10.3 Å². The van der Waals surface area contributed by atoms with Crippen molar-refractivity contribution < 1.29 is 4.74 Å². The average Bonchev–Trinajstić information content (AvgIpc) is 2.56. The van der Waals surface area contributed by atoms with Gasteiger partial charge in [0.2, 0.25) is 0 Å². The Hall–Kier alpha value is -2.54. The minimum absolute atomic E-state index is 0.0429. The molecule has 4 nitrogen and oxygen atoms in total. The number of nitrogens with zero attached hydrogens (tertiary/aromatic N) is 2. The summed E-state index contributed by atoms with van der Waals surface area (Å²) in [6.07, 6.45) is 0.956. The van der Waals surface area contributed by atoms with Crippen molar-refractivity contribution in [3.63, 3.8) is 0 Å². The number of aryl methyl sites for hydroxylation is 1. The van der Waals surface area contributed by atoms with Gasteiger partial charge >= 0.3 is 0 Å². The van der Waals surface area contributed by atoms with Crippen molar-refractivity contribution in [1.29, 1.82) is 5.26 Å². The molecule has 0 amide bonds. The van der Waals surface area contributed by atoms with E-state index in [1.54, 1.807) is 17.7 Å². The second-order valence-corrected chi connectivity index (χ2v) is 5.71. The van der Waals surface area contributed by atoms with E-state index in [-0.39, 0.29) is 18.0 Å². The van der Waals surface area contributed by atoms with Crippen molar-refractivity contribution in [2.24, 2.45) is 0 Å². The van der Waals surface area contributed by atoms with Crippen LogP contribution in [-0.2, 0) is 6.42 Å². The maximum atomic E-state index is 12.8. The van der Waals surface area contributed by atoms with Crippen molar-refractivity contribution in [1.82, 2.24) is 4.57 Å². The number of rotatable bonds is 5. The maximum Gasteiger partial charge on any atom is 0.255 e. The Morgan fingerprint density at radius 3 is 2.65 bits per heavy atom. The van der Waals surface area contributed by atoms with Gasteiger partial charge in [0.05, 0.1) is 25.3 Å². The third-order valence-corrected chi connectivity index (χ3v) is 4.13. The summed E-state index contributed by atoms with van der Waals surface area (Å²) in [5.74, 6) is 0.736. The number of nitriles is 1. The smallest absolute Gasteiger partial charge is 0.255 e. The van der Waals surface area contributed by atoms with Crippen LogP contribution in [0.2, 0.25) is 0 Å². The van der Waals surface area contributed by atoms with Crippen LogP contribution in [0.15, 0.2) is 35.1 Å². The lowest BCUT2D eigenvalue weighted by Gasteiger charge is -2.21. The van der Waals surface area contributed by atoms with Gasteiger partial charge in [0, 0.05) is 17.2 Å². The first-order valence-electron chi connectivity index (χ1n) is 7.79. The number of ether oxygens (including phenoxy) is 1. The quantitative estimate of drug-likeness (QED) is 0.842. The van der Waals surface area contributed by atoms with Crippen molar-refractivity contribution in [2.75, 3.05) is 7.11 Å². The third kappa shape index (κ3) is 3.29. The van der Waals surface area contributed by atoms with Crippen LogP contribution in [-0.4, -0.2) is 11.7 Å². The van der Waals surface area contributed by atoms with E-state index in [2.05, 4.69) is 6.07 Å². The normalized spacial score (nSPS) is 11.8. The van der Waals surface area contributed by atoms with Gasteiger partial charge in [-0.3, -0.25) is 4.79 Å². The second kappa shape index (κ2) is 7.15. The molecule has 1 aromatic carbocycles. The SMILES string of the molecule is CCC(C)n1c(-c2cc(C)ccc2OC)ccc(CC#N)c1=O. The Morgan fingerprint density at radius 2 is 2.04 bits per heavy atom. The van der Waals surface area contributed by atoms with E-state index in [1.807, 2.05) is 45.0 Å². The van der Waals surface area contributed by atoms with Gasteiger partial charge in [-0.25, -0.2) is 0 Å². The number of pyridine rings is 1. The molecule has 2 rings (SSSR count). The van der Waals surface area contributed by atoms with Crippen LogP contribution in [0.4, 0.5) is 0 Å². The fraction of sp³-hybridized carbons (Fsp3) is 0.368. The predicted octanol–water partition coefficient (Wildman–Crippen LogP) is 3.87. The molecule has 4 heteroatoms. The maximum absolute atomic E-state index is 12.8. The van der Waals surface area contributed by atoms with E-state index in [9.17, 15) is 4.79 Å². The molecule has 0 aliphatic heterocycles. The van der Waals surface area contributed by atoms with Crippen molar-refractivity contribution in [3.8, 4) is 23.1 Å². The first kappa shape index (κ1) is 16.8. The molecule has 1 heterocycles. The summed E-state index contributed by atoms with van der Waals surface area (Å²) in [4.78, 5) is 12.8. The number of hydrogen-bond acceptors (Lipinski definition) is 3. The predicted molar refractivity (Wildman–Crippen MR) is 91.7 cm³/mol. The van der Waals surface area contributed by atoms with Gasteiger partial charge in [-0.15, -0.1) is 0 Å². The average molecular weight is 310 g/mol. The summed E-state index contributed by atoms with van der Waals surface area (Å²) in [5.41, 5.74) is 3.26. The molecule has 0 saturated carbocycles. The van der Waals surface area contributed by atoms with Gasteiger partial charge in [0.1, 0.15) is 5.75 Å². The fourth-order valence-corrected chi connectivity index (χ4v) is 2.68. The molecular formula is C19H22N2O2. The van der Waals surface area contributed by atoms with E-state index < -0.39 is 0 Å². The van der Waals surface area contributed by atoms with E-state index in [1.165, 1.54) is 0 Å². The highest BCUT2D eigenvalue weighted by atomic mass is 16.5. The highest BCUT2D eigenvalue weighted by molar-refractivity contribution is 5.69. The topological polar surface area (TPSA) is 55.0 Å². The highest BCUT2D eigenvalue weighted by Crippen LogP contribution is 2.32. The molecule has 0 aliphatic rings. The number of methoxy groups -OCH3 is 1. The van der Waals surface area contributed by atoms with Gasteiger partial charge in [0.15, 0.2) is 0 Å². The molecule has 0 bridgehead atoms. The Morgan fingerprint density at radius 1 is 1.30 bits per heavy atom. The van der Waals surface area contributed by atoms with Gasteiger partial charge in [-0.2, -0.15) is 5.26 Å². The Bertz CT molecular complexity index is 800. The molecule has 0 N–H and O–H groups in total. The minimum atomic E-state index is -0.0954. The van der Waals surface area contributed by atoms with E-state index in [0.717, 1.165) is 29.0 Å². The largest absolute Gasteiger partial charge is 0.496 e. The van der Waals surface area contributed by atoms with Crippen molar-refractivity contribution in [2.45, 2.75) is 39.7 Å². The molecule has 2 aromatic rings. The van der Waals surface area contributed by atoms with Gasteiger partial charge in [0.25, 0.3) is 5.56 Å². The molecule has 1 aromatic heterocycles. The zero-order chi connectivity index (χ0) is 17.0. The van der Waals surface area contributed by atoms with Crippen LogP contribution in [0.25, 0.3) is 11.3 Å². The molecule has 0 spiro atoms. The lowest BCUT2D eigenvalue weighted by atomic mass is 10.0. The minimum Gasteiger partial charge on any atom is -0.496 e. The second-order valence-electron chi connectivity index (χ2n) is 5.71. The fourth-order valence-electron chi connectivity index (χ4n) is 2.68. The summed E-state index contributed by atoms with van der Waals surface area (Å²) >= 11 is 0. The lowest BCUT2D eigenvalue weighted by molar-refractivity contribution is 0.415. The summed E-state index contributed by atoms with van der Waals surface area (Å²) in [5, 5.41) is 8.92. The molecular weight excluding hydrogens is 288 g/mol. The highest BCUT2D eigenvalue weighted by Gasteiger charge is 2.17. The standard InChI is InChI=1S/C19H22N2O2/c1-5-14(3)21-17(8-7-15(10-11-20)19(21)22)16-12-13(2)6-9-18(16)23-4/h6-9,12,14H,5,10H2,1-4H3. The van der Waals surface area contributed by atoms with Crippen molar-refractivity contribution in [3.05, 3.63) is 51.8 Å². The van der Waals surface area contributed by atoms with Crippen LogP contribution >= 0.6 is 0 Å². The summed E-state index contributed by atoms with van der Waals surface area (Å²) in [6.45, 7) is 6.08. The molecule has 0 fully saturated rings. The number of benzene rings is 1. The van der Waals surface area contributed by atoms with Crippen LogP contribution in [0, 0.1) is 18.3 Å². The van der Waals surface area contributed by atoms with Crippen LogP contribution in [0.3, 0.4) is 0 Å². The molecule has 0 radical (unpaired) electrons. The molecule has 0 saturated heterocycles.